The van der Waals surface area contributed by atoms with E-state index in [1.54, 1.807) is 7.05 Å². The zero-order chi connectivity index (χ0) is 16.0. The van der Waals surface area contributed by atoms with Gasteiger partial charge in [-0.05, 0) is 12.0 Å². The molecule has 0 saturated carbocycles. The Bertz CT molecular complexity index is 410. The van der Waals surface area contributed by atoms with E-state index < -0.39 is 0 Å². The second kappa shape index (κ2) is 12.0. The summed E-state index contributed by atoms with van der Waals surface area (Å²) in [6.45, 7) is 5.09. The van der Waals surface area contributed by atoms with Crippen molar-refractivity contribution in [3.8, 4) is 0 Å². The van der Waals surface area contributed by atoms with Crippen LogP contribution in [-0.4, -0.2) is 51.0 Å². The average molecular weight is 307 g/mol. The van der Waals surface area contributed by atoms with Gasteiger partial charge in [0.15, 0.2) is 5.96 Å². The molecule has 0 spiro atoms. The molecule has 0 saturated heterocycles. The standard InChI is InChI=1S/C17H29N3O2/c1-3-4-11-22-12-10-19-17(18-2)20-13-16(14-21)15-8-6-5-7-9-15/h5-9,16,21H,3-4,10-14H2,1-2H3,(H2,18,19,20). The van der Waals surface area contributed by atoms with Gasteiger partial charge in [-0.15, -0.1) is 0 Å². The van der Waals surface area contributed by atoms with E-state index in [2.05, 4.69) is 22.5 Å². The van der Waals surface area contributed by atoms with Crippen molar-refractivity contribution in [2.24, 2.45) is 4.99 Å². The highest BCUT2D eigenvalue weighted by atomic mass is 16.5. The largest absolute Gasteiger partial charge is 0.396 e. The van der Waals surface area contributed by atoms with E-state index in [9.17, 15) is 5.11 Å². The molecule has 0 fully saturated rings. The number of aliphatic hydroxyl groups is 1. The molecule has 0 aromatic heterocycles. The van der Waals surface area contributed by atoms with Crippen LogP contribution in [0.2, 0.25) is 0 Å². The van der Waals surface area contributed by atoms with Crippen molar-refractivity contribution in [1.82, 2.24) is 10.6 Å². The van der Waals surface area contributed by atoms with Gasteiger partial charge in [-0.2, -0.15) is 0 Å². The van der Waals surface area contributed by atoms with Gasteiger partial charge in [0.05, 0.1) is 13.2 Å². The van der Waals surface area contributed by atoms with Crippen LogP contribution in [0.5, 0.6) is 0 Å². The summed E-state index contributed by atoms with van der Waals surface area (Å²) in [6, 6.07) is 10.0. The van der Waals surface area contributed by atoms with Crippen molar-refractivity contribution in [2.45, 2.75) is 25.7 Å². The highest BCUT2D eigenvalue weighted by molar-refractivity contribution is 5.79. The Morgan fingerprint density at radius 2 is 2.00 bits per heavy atom. The predicted octanol–water partition coefficient (Wildman–Crippen LogP) is 1.74. The molecule has 3 N–H and O–H groups in total. The second-order valence-electron chi connectivity index (χ2n) is 5.14. The molecule has 1 rings (SSSR count). The summed E-state index contributed by atoms with van der Waals surface area (Å²) in [4.78, 5) is 4.18. The molecule has 1 atom stereocenters. The highest BCUT2D eigenvalue weighted by Gasteiger charge is 2.10. The van der Waals surface area contributed by atoms with Crippen molar-refractivity contribution in [1.29, 1.82) is 0 Å². The Kier molecular flexibility index (Phi) is 10.1. The van der Waals surface area contributed by atoms with Gasteiger partial charge >= 0.3 is 0 Å². The van der Waals surface area contributed by atoms with Gasteiger partial charge in [-0.3, -0.25) is 4.99 Å². The molecular formula is C17H29N3O2. The average Bonchev–Trinajstić information content (AvgIpc) is 2.57. The number of nitrogens with one attached hydrogen (secondary N) is 2. The molecule has 0 aliphatic carbocycles. The normalized spacial score (nSPS) is 13.0. The molecule has 0 aliphatic rings. The molecule has 5 nitrogen and oxygen atoms in total. The Morgan fingerprint density at radius 1 is 1.23 bits per heavy atom. The first-order chi connectivity index (χ1) is 10.8. The zero-order valence-electron chi connectivity index (χ0n) is 13.7. The first kappa shape index (κ1) is 18.5. The van der Waals surface area contributed by atoms with Crippen LogP contribution in [0.1, 0.15) is 31.2 Å². The maximum atomic E-state index is 9.54. The summed E-state index contributed by atoms with van der Waals surface area (Å²) in [5.41, 5.74) is 1.12. The van der Waals surface area contributed by atoms with E-state index in [1.807, 2.05) is 30.3 Å². The highest BCUT2D eigenvalue weighted by Crippen LogP contribution is 2.13. The predicted molar refractivity (Wildman–Crippen MR) is 91.4 cm³/mol. The van der Waals surface area contributed by atoms with Gasteiger partial charge in [0.1, 0.15) is 0 Å². The molecule has 1 aromatic rings. The van der Waals surface area contributed by atoms with Gasteiger partial charge in [0.2, 0.25) is 0 Å². The third-order valence-corrected chi connectivity index (χ3v) is 3.41. The minimum absolute atomic E-state index is 0.0561. The number of hydrogen-bond acceptors (Lipinski definition) is 3. The minimum atomic E-state index is 0.0561. The topological polar surface area (TPSA) is 65.9 Å². The fourth-order valence-electron chi connectivity index (χ4n) is 2.04. The number of guanidine groups is 1. The van der Waals surface area contributed by atoms with Crippen LogP contribution in [0.25, 0.3) is 0 Å². The molecule has 0 radical (unpaired) electrons. The van der Waals surface area contributed by atoms with Crippen molar-refractivity contribution < 1.29 is 9.84 Å². The fraction of sp³-hybridized carbons (Fsp3) is 0.588. The Labute approximate surface area is 133 Å². The maximum absolute atomic E-state index is 9.54. The second-order valence-corrected chi connectivity index (χ2v) is 5.14. The lowest BCUT2D eigenvalue weighted by atomic mass is 10.0. The van der Waals surface area contributed by atoms with Crippen LogP contribution in [0.4, 0.5) is 0 Å². The van der Waals surface area contributed by atoms with Crippen LogP contribution in [0.3, 0.4) is 0 Å². The molecule has 1 aromatic carbocycles. The van der Waals surface area contributed by atoms with Crippen LogP contribution in [-0.2, 0) is 4.74 Å². The van der Waals surface area contributed by atoms with E-state index in [0.717, 1.165) is 37.5 Å². The van der Waals surface area contributed by atoms with Gasteiger partial charge in [-0.1, -0.05) is 43.7 Å². The maximum Gasteiger partial charge on any atom is 0.191 e. The Morgan fingerprint density at radius 3 is 2.64 bits per heavy atom. The third-order valence-electron chi connectivity index (χ3n) is 3.41. The van der Waals surface area contributed by atoms with Crippen LogP contribution in [0.15, 0.2) is 35.3 Å². The zero-order valence-corrected chi connectivity index (χ0v) is 13.7. The van der Waals surface area contributed by atoms with E-state index >= 15 is 0 Å². The summed E-state index contributed by atoms with van der Waals surface area (Å²) in [5.74, 6) is 0.786. The van der Waals surface area contributed by atoms with E-state index in [0.29, 0.717) is 13.2 Å². The van der Waals surface area contributed by atoms with Gasteiger partial charge < -0.3 is 20.5 Å². The van der Waals surface area contributed by atoms with Crippen LogP contribution < -0.4 is 10.6 Å². The molecule has 22 heavy (non-hydrogen) atoms. The number of rotatable bonds is 10. The lowest BCUT2D eigenvalue weighted by Gasteiger charge is -2.18. The lowest BCUT2D eigenvalue weighted by molar-refractivity contribution is 0.136. The van der Waals surface area contributed by atoms with E-state index in [-0.39, 0.29) is 12.5 Å². The molecular weight excluding hydrogens is 278 g/mol. The number of unbranched alkanes of at least 4 members (excludes halogenated alkanes) is 1. The Balaban J connectivity index is 2.28. The summed E-state index contributed by atoms with van der Waals surface area (Å²) in [6.07, 6.45) is 2.25. The van der Waals surface area contributed by atoms with Crippen molar-refractivity contribution >= 4 is 5.96 Å². The van der Waals surface area contributed by atoms with E-state index in [4.69, 9.17) is 4.74 Å². The molecule has 0 amide bonds. The smallest absolute Gasteiger partial charge is 0.191 e. The van der Waals surface area contributed by atoms with Crippen molar-refractivity contribution in [2.75, 3.05) is 40.0 Å². The fourth-order valence-corrected chi connectivity index (χ4v) is 2.04. The third kappa shape index (κ3) is 7.43. The monoisotopic (exact) mass is 307 g/mol. The summed E-state index contributed by atoms with van der Waals surface area (Å²) < 4.78 is 5.50. The molecule has 0 bridgehead atoms. The number of aliphatic imine (C=N–C) groups is 1. The van der Waals surface area contributed by atoms with Crippen molar-refractivity contribution in [3.05, 3.63) is 35.9 Å². The van der Waals surface area contributed by atoms with Gasteiger partial charge in [0, 0.05) is 32.7 Å². The van der Waals surface area contributed by atoms with Crippen molar-refractivity contribution in [3.63, 3.8) is 0 Å². The van der Waals surface area contributed by atoms with Crippen LogP contribution >= 0.6 is 0 Å². The molecule has 0 heterocycles. The quantitative estimate of drug-likeness (QED) is 0.350. The van der Waals surface area contributed by atoms with Gasteiger partial charge in [0.25, 0.3) is 0 Å². The van der Waals surface area contributed by atoms with E-state index in [1.165, 1.54) is 0 Å². The summed E-state index contributed by atoms with van der Waals surface area (Å²) in [7, 11) is 1.74. The minimum Gasteiger partial charge on any atom is -0.396 e. The van der Waals surface area contributed by atoms with Crippen LogP contribution in [0, 0.1) is 0 Å². The number of hydrogen-bond donors (Lipinski definition) is 3. The first-order valence-corrected chi connectivity index (χ1v) is 7.99. The SMILES string of the molecule is CCCCOCCNC(=NC)NCC(CO)c1ccccc1. The summed E-state index contributed by atoms with van der Waals surface area (Å²) in [5, 5.41) is 16.0. The summed E-state index contributed by atoms with van der Waals surface area (Å²) >= 11 is 0. The molecule has 124 valence electrons. The number of aliphatic hydroxyl groups excluding tert-OH is 1. The van der Waals surface area contributed by atoms with Gasteiger partial charge in [-0.25, -0.2) is 0 Å². The lowest BCUT2D eigenvalue weighted by Crippen LogP contribution is -2.41. The number of ether oxygens (including phenoxy) is 1. The number of nitrogens with zero attached hydrogens (tertiary/aromatic N) is 1. The Hall–Kier alpha value is -1.59. The first-order valence-electron chi connectivity index (χ1n) is 7.99. The molecule has 0 aliphatic heterocycles. The molecule has 1 unspecified atom stereocenters. The number of benzene rings is 1. The molecule has 5 heteroatoms.